The summed E-state index contributed by atoms with van der Waals surface area (Å²) in [5.41, 5.74) is 2.69. The maximum absolute atomic E-state index is 4.77. The van der Waals surface area contributed by atoms with E-state index in [0.29, 0.717) is 6.73 Å². The molecule has 0 aliphatic carbocycles. The molecule has 7 heavy (non-hydrogen) atoms. The fourth-order valence-electron chi connectivity index (χ4n) is 0.225. The van der Waals surface area contributed by atoms with Gasteiger partial charge >= 0.3 is 0 Å². The van der Waals surface area contributed by atoms with Crippen LogP contribution in [0.15, 0.2) is 0 Å². The predicted molar refractivity (Wildman–Crippen MR) is 28.7 cm³/mol. The zero-order valence-electron chi connectivity index (χ0n) is 4.82. The molecular weight excluding hydrogens is 92.1 g/mol. The van der Waals surface area contributed by atoms with Crippen molar-refractivity contribution in [3.63, 3.8) is 0 Å². The molecule has 2 N–H and O–H groups in total. The zero-order valence-corrected chi connectivity index (χ0v) is 4.82. The molecule has 0 saturated heterocycles. The van der Waals surface area contributed by atoms with E-state index in [0.717, 1.165) is 6.54 Å². The van der Waals surface area contributed by atoms with Gasteiger partial charge in [0.15, 0.2) is 0 Å². The lowest BCUT2D eigenvalue weighted by Crippen LogP contribution is -2.21. The van der Waals surface area contributed by atoms with E-state index in [2.05, 4.69) is 10.8 Å². The number of hydroxylamine groups is 1. The van der Waals surface area contributed by atoms with Gasteiger partial charge in [-0.2, -0.15) is 0 Å². The molecule has 3 heteroatoms. The van der Waals surface area contributed by atoms with Gasteiger partial charge in [-0.25, -0.2) is 5.48 Å². The van der Waals surface area contributed by atoms with Crippen molar-refractivity contribution < 1.29 is 4.84 Å². The summed E-state index contributed by atoms with van der Waals surface area (Å²) in [6.07, 6.45) is 0. The fraction of sp³-hybridized carbons (Fsp3) is 1.00. The van der Waals surface area contributed by atoms with Gasteiger partial charge in [-0.15, -0.1) is 0 Å². The Morgan fingerprint density at radius 2 is 2.29 bits per heavy atom. The van der Waals surface area contributed by atoms with Crippen LogP contribution >= 0.6 is 0 Å². The Hall–Kier alpha value is -0.120. The van der Waals surface area contributed by atoms with Gasteiger partial charge in [-0.1, -0.05) is 6.92 Å². The molecule has 0 aliphatic rings. The molecule has 0 amide bonds. The Kier molecular flexibility index (Phi) is 5.78. The van der Waals surface area contributed by atoms with E-state index in [9.17, 15) is 0 Å². The Bertz CT molecular complexity index is 28.9. The molecule has 0 aromatic carbocycles. The predicted octanol–water partition coefficient (Wildman–Crippen LogP) is -0.296. The van der Waals surface area contributed by atoms with Crippen LogP contribution in [0, 0.1) is 0 Å². The lowest BCUT2D eigenvalue weighted by atomic mass is 10.8. The van der Waals surface area contributed by atoms with E-state index >= 15 is 0 Å². The van der Waals surface area contributed by atoms with Crippen LogP contribution in [0.3, 0.4) is 0 Å². The molecule has 0 aromatic heterocycles. The molecule has 0 spiro atoms. The van der Waals surface area contributed by atoms with Gasteiger partial charge in [0.2, 0.25) is 0 Å². The standard InChI is InChI=1S/C4H12N2O/c1-3-6-7-4-5-2/h5-6H,3-4H2,1-2H3. The molecule has 0 rings (SSSR count). The average Bonchev–Trinajstić information content (AvgIpc) is 1.69. The molecule has 0 unspecified atom stereocenters. The molecule has 0 bridgehead atoms. The van der Waals surface area contributed by atoms with Gasteiger partial charge in [-0.05, 0) is 7.05 Å². The molecule has 3 nitrogen and oxygen atoms in total. The second-order valence-electron chi connectivity index (χ2n) is 1.14. The summed E-state index contributed by atoms with van der Waals surface area (Å²) >= 11 is 0. The number of rotatable bonds is 4. The van der Waals surface area contributed by atoms with Crippen LogP contribution in [-0.2, 0) is 4.84 Å². The molecule has 0 fully saturated rings. The van der Waals surface area contributed by atoms with Crippen LogP contribution in [0.25, 0.3) is 0 Å². The summed E-state index contributed by atoms with van der Waals surface area (Å²) in [6, 6.07) is 0. The van der Waals surface area contributed by atoms with Crippen LogP contribution < -0.4 is 10.8 Å². The summed E-state index contributed by atoms with van der Waals surface area (Å²) in [6.45, 7) is 3.39. The van der Waals surface area contributed by atoms with Gasteiger partial charge in [0, 0.05) is 6.54 Å². The first-order valence-corrected chi connectivity index (χ1v) is 2.41. The highest BCUT2D eigenvalue weighted by Crippen LogP contribution is 1.56. The van der Waals surface area contributed by atoms with E-state index in [4.69, 9.17) is 4.84 Å². The first-order chi connectivity index (χ1) is 3.41. The van der Waals surface area contributed by atoms with Gasteiger partial charge in [-0.3, -0.25) is 10.2 Å². The SMILES string of the molecule is CCNOCNC. The van der Waals surface area contributed by atoms with Crippen molar-refractivity contribution in [3.05, 3.63) is 0 Å². The van der Waals surface area contributed by atoms with Gasteiger partial charge < -0.3 is 0 Å². The minimum Gasteiger partial charge on any atom is -0.296 e. The van der Waals surface area contributed by atoms with Crippen LogP contribution in [0.2, 0.25) is 0 Å². The molecule has 44 valence electrons. The van der Waals surface area contributed by atoms with Crippen molar-refractivity contribution in [2.75, 3.05) is 20.3 Å². The van der Waals surface area contributed by atoms with Crippen molar-refractivity contribution in [1.82, 2.24) is 10.8 Å². The molecule has 0 aliphatic heterocycles. The van der Waals surface area contributed by atoms with Crippen LogP contribution in [0.4, 0.5) is 0 Å². The lowest BCUT2D eigenvalue weighted by molar-refractivity contribution is 0.0352. The minimum absolute atomic E-state index is 0.563. The van der Waals surface area contributed by atoms with Crippen molar-refractivity contribution in [2.45, 2.75) is 6.92 Å². The number of nitrogens with one attached hydrogen (secondary N) is 2. The molecular formula is C4H12N2O. The molecule has 0 aromatic rings. The van der Waals surface area contributed by atoms with Crippen LogP contribution in [-0.4, -0.2) is 20.3 Å². The topological polar surface area (TPSA) is 33.3 Å². The molecule has 0 atom stereocenters. The van der Waals surface area contributed by atoms with Gasteiger partial charge in [0.05, 0.1) is 0 Å². The Labute approximate surface area is 44.0 Å². The summed E-state index contributed by atoms with van der Waals surface area (Å²) in [5.74, 6) is 0. The normalized spacial score (nSPS) is 9.43. The number of hydrogen-bond donors (Lipinski definition) is 2. The van der Waals surface area contributed by atoms with E-state index in [1.165, 1.54) is 0 Å². The second kappa shape index (κ2) is 5.88. The molecule has 0 saturated carbocycles. The average molecular weight is 104 g/mol. The lowest BCUT2D eigenvalue weighted by Gasteiger charge is -1.98. The maximum Gasteiger partial charge on any atom is 0.118 e. The summed E-state index contributed by atoms with van der Waals surface area (Å²) in [4.78, 5) is 4.77. The Morgan fingerprint density at radius 1 is 1.57 bits per heavy atom. The zero-order chi connectivity index (χ0) is 5.54. The third-order valence-electron chi connectivity index (χ3n) is 0.463. The van der Waals surface area contributed by atoms with Crippen molar-refractivity contribution in [3.8, 4) is 0 Å². The Balaban J connectivity index is 2.45. The van der Waals surface area contributed by atoms with Crippen LogP contribution in [0.1, 0.15) is 6.92 Å². The highest BCUT2D eigenvalue weighted by Gasteiger charge is 1.74. The van der Waals surface area contributed by atoms with Crippen LogP contribution in [0.5, 0.6) is 0 Å². The first kappa shape index (κ1) is 6.88. The molecule has 0 heterocycles. The minimum atomic E-state index is 0.563. The Morgan fingerprint density at radius 3 is 2.71 bits per heavy atom. The fourth-order valence-corrected chi connectivity index (χ4v) is 0.225. The van der Waals surface area contributed by atoms with E-state index in [-0.39, 0.29) is 0 Å². The van der Waals surface area contributed by atoms with E-state index in [1.54, 1.807) is 0 Å². The van der Waals surface area contributed by atoms with Crippen molar-refractivity contribution in [2.24, 2.45) is 0 Å². The van der Waals surface area contributed by atoms with Gasteiger partial charge in [0.25, 0.3) is 0 Å². The highest BCUT2D eigenvalue weighted by atomic mass is 16.7. The summed E-state index contributed by atoms with van der Waals surface area (Å²) in [5, 5.41) is 2.82. The smallest absolute Gasteiger partial charge is 0.118 e. The largest absolute Gasteiger partial charge is 0.296 e. The van der Waals surface area contributed by atoms with Gasteiger partial charge in [0.1, 0.15) is 6.73 Å². The third kappa shape index (κ3) is 5.88. The third-order valence-corrected chi connectivity index (χ3v) is 0.463. The summed E-state index contributed by atoms with van der Waals surface area (Å²) in [7, 11) is 1.83. The van der Waals surface area contributed by atoms with E-state index < -0.39 is 0 Å². The highest BCUT2D eigenvalue weighted by molar-refractivity contribution is 4.15. The molecule has 0 radical (unpaired) electrons. The van der Waals surface area contributed by atoms with E-state index in [1.807, 2.05) is 14.0 Å². The monoisotopic (exact) mass is 104 g/mol. The summed E-state index contributed by atoms with van der Waals surface area (Å²) < 4.78 is 0. The van der Waals surface area contributed by atoms with Crippen molar-refractivity contribution in [1.29, 1.82) is 0 Å². The first-order valence-electron chi connectivity index (χ1n) is 2.41. The second-order valence-corrected chi connectivity index (χ2v) is 1.14. The number of hydrogen-bond acceptors (Lipinski definition) is 3. The maximum atomic E-state index is 4.77. The van der Waals surface area contributed by atoms with Crippen molar-refractivity contribution >= 4 is 0 Å². The quantitative estimate of drug-likeness (QED) is 0.292.